The third kappa shape index (κ3) is 7.57. The predicted octanol–water partition coefficient (Wildman–Crippen LogP) is 1.81. The zero-order chi connectivity index (χ0) is 27.1. The van der Waals surface area contributed by atoms with Crippen molar-refractivity contribution in [1.29, 1.82) is 5.26 Å². The van der Waals surface area contributed by atoms with Gasteiger partial charge in [0.25, 0.3) is 5.91 Å². The first kappa shape index (κ1) is 28.7. The molecule has 2 aromatic carbocycles. The summed E-state index contributed by atoms with van der Waals surface area (Å²) in [4.78, 5) is 42.2. The molecule has 35 heavy (non-hydrogen) atoms. The quantitative estimate of drug-likeness (QED) is 0.355. The molecule has 1 amide bonds. The highest BCUT2D eigenvalue weighted by Gasteiger charge is 2.40. The van der Waals surface area contributed by atoms with Gasteiger partial charge in [-0.15, -0.1) is 0 Å². The summed E-state index contributed by atoms with van der Waals surface area (Å²) in [5, 5.41) is 44.0. The van der Waals surface area contributed by atoms with E-state index in [0.29, 0.717) is 16.3 Å². The zero-order valence-electron chi connectivity index (χ0n) is 17.9. The minimum absolute atomic E-state index is 0.128. The van der Waals surface area contributed by atoms with Crippen molar-refractivity contribution in [2.45, 2.75) is 31.5 Å². The van der Waals surface area contributed by atoms with Crippen LogP contribution in [-0.2, 0) is 14.4 Å². The van der Waals surface area contributed by atoms with Gasteiger partial charge >= 0.3 is 24.1 Å². The van der Waals surface area contributed by atoms with Gasteiger partial charge in [-0.1, -0.05) is 24.3 Å². The highest BCUT2D eigenvalue weighted by atomic mass is 19.4. The van der Waals surface area contributed by atoms with Crippen molar-refractivity contribution >= 4 is 34.6 Å². The molecule has 188 valence electrons. The van der Waals surface area contributed by atoms with Crippen molar-refractivity contribution in [3.05, 3.63) is 41.0 Å². The average molecular weight is 500 g/mol. The summed E-state index contributed by atoms with van der Waals surface area (Å²) < 4.78 is 41.9. The molecule has 11 nitrogen and oxygen atoms in total. The Morgan fingerprint density at radius 2 is 1.51 bits per heavy atom. The largest absolute Gasteiger partial charge is 0.482 e. The van der Waals surface area contributed by atoms with Gasteiger partial charge in [0.1, 0.15) is 6.07 Å². The van der Waals surface area contributed by atoms with Crippen LogP contribution in [0.25, 0.3) is 10.8 Å². The molecule has 6 N–H and O–H groups in total. The Morgan fingerprint density at radius 3 is 1.89 bits per heavy atom. The van der Waals surface area contributed by atoms with E-state index in [0.717, 1.165) is 0 Å². The van der Waals surface area contributed by atoms with Crippen molar-refractivity contribution in [3.63, 3.8) is 0 Å². The molecule has 0 heterocycles. The number of rotatable bonds is 8. The third-order valence-corrected chi connectivity index (χ3v) is 4.45. The van der Waals surface area contributed by atoms with Gasteiger partial charge in [-0.25, -0.2) is 4.79 Å². The molecule has 0 saturated heterocycles. The van der Waals surface area contributed by atoms with Gasteiger partial charge in [0.05, 0.1) is 24.0 Å². The molecule has 0 spiro atoms. The van der Waals surface area contributed by atoms with E-state index in [1.807, 2.05) is 0 Å². The number of aliphatic hydroxyl groups is 1. The van der Waals surface area contributed by atoms with Gasteiger partial charge in [0, 0.05) is 0 Å². The fraction of sp³-hybridized carbons (Fsp3) is 0.286. The van der Waals surface area contributed by atoms with E-state index in [4.69, 9.17) is 30.9 Å². The Hall–Kier alpha value is -4.38. The Bertz CT molecular complexity index is 1190. The summed E-state index contributed by atoms with van der Waals surface area (Å²) in [6.45, 7) is -0.0359. The molecule has 2 rings (SSSR count). The van der Waals surface area contributed by atoms with E-state index < -0.39 is 60.8 Å². The van der Waals surface area contributed by atoms with Gasteiger partial charge in [0.2, 0.25) is 0 Å². The summed E-state index contributed by atoms with van der Waals surface area (Å²) >= 11 is 0. The monoisotopic (exact) mass is 500 g/mol. The Kier molecular flexibility index (Phi) is 9.14. The van der Waals surface area contributed by atoms with Crippen molar-refractivity contribution in [2.24, 2.45) is 5.73 Å². The Morgan fingerprint density at radius 1 is 1.03 bits per heavy atom. The molecular formula is C21H19F3N2O9. The Balaban J connectivity index is 0.000000405. The fourth-order valence-electron chi connectivity index (χ4n) is 2.97. The highest BCUT2D eigenvalue weighted by molar-refractivity contribution is 6.10. The molecular weight excluding hydrogens is 481 g/mol. The summed E-state index contributed by atoms with van der Waals surface area (Å²) in [5.74, 6) is -6.40. The number of primary amides is 1. The molecule has 2 aromatic rings. The molecule has 0 aromatic heterocycles. The zero-order valence-corrected chi connectivity index (χ0v) is 17.9. The van der Waals surface area contributed by atoms with E-state index in [1.165, 1.54) is 0 Å². The second kappa shape index (κ2) is 11.2. The van der Waals surface area contributed by atoms with Crippen LogP contribution in [0.2, 0.25) is 0 Å². The van der Waals surface area contributed by atoms with Crippen LogP contribution < -0.4 is 10.5 Å². The normalized spacial score (nSPS) is 11.1. The molecule has 0 bridgehead atoms. The van der Waals surface area contributed by atoms with Gasteiger partial charge in [0.15, 0.2) is 18.0 Å². The van der Waals surface area contributed by atoms with Crippen LogP contribution in [0.3, 0.4) is 0 Å². The maximum absolute atomic E-state index is 12.4. The molecule has 0 radical (unpaired) electrons. The van der Waals surface area contributed by atoms with Gasteiger partial charge in [-0.05, 0) is 23.3 Å². The number of alkyl halides is 3. The maximum atomic E-state index is 12.4. The van der Waals surface area contributed by atoms with Crippen LogP contribution in [0.5, 0.6) is 5.75 Å². The van der Waals surface area contributed by atoms with Crippen molar-refractivity contribution in [3.8, 4) is 11.8 Å². The van der Waals surface area contributed by atoms with Gasteiger partial charge in [-0.2, -0.15) is 18.4 Å². The van der Waals surface area contributed by atoms with E-state index in [-0.39, 0.29) is 11.1 Å². The third-order valence-electron chi connectivity index (χ3n) is 4.45. The van der Waals surface area contributed by atoms with Crippen LogP contribution in [0, 0.1) is 18.3 Å². The molecule has 0 fully saturated rings. The maximum Gasteiger partial charge on any atom is 0.422 e. The minimum Gasteiger partial charge on any atom is -0.482 e. The molecule has 0 aliphatic carbocycles. The van der Waals surface area contributed by atoms with Gasteiger partial charge < -0.3 is 30.9 Å². The van der Waals surface area contributed by atoms with Gasteiger partial charge in [-0.3, -0.25) is 14.4 Å². The van der Waals surface area contributed by atoms with Crippen molar-refractivity contribution in [1.82, 2.24) is 0 Å². The summed E-state index contributed by atoms with van der Waals surface area (Å²) in [6.07, 6.45) is -6.88. The van der Waals surface area contributed by atoms with Crippen LogP contribution >= 0.6 is 0 Å². The van der Waals surface area contributed by atoms with E-state index in [1.54, 1.807) is 37.3 Å². The number of fused-ring (bicyclic) bond motifs is 1. The van der Waals surface area contributed by atoms with Crippen LogP contribution in [0.1, 0.15) is 34.3 Å². The predicted molar refractivity (Wildman–Crippen MR) is 111 cm³/mol. The first-order valence-electron chi connectivity index (χ1n) is 9.38. The number of halogens is 3. The summed E-state index contributed by atoms with van der Waals surface area (Å²) in [7, 11) is 0. The topological polar surface area (TPSA) is 208 Å². The number of carbonyl (C=O) groups excluding carboxylic acids is 1. The molecule has 0 aliphatic rings. The molecule has 0 unspecified atom stereocenters. The van der Waals surface area contributed by atoms with E-state index in [2.05, 4.69) is 0 Å². The smallest absolute Gasteiger partial charge is 0.422 e. The number of carboxylic acid groups (broad SMARTS) is 3. The standard InChI is InChI=1S/C15H11F3N2O2.C6H8O7/c1-8-9-4-2-3-5-10(9)12(14(20)21)13(11(8)6-19)22-7-15(16,17)18;7-3(8)1-6(13,5(11)12)2-4(9)10/h2-5H,7H2,1H3,(H2,20,21);13H,1-2H2,(H,7,8)(H,9,10)(H,11,12). The summed E-state index contributed by atoms with van der Waals surface area (Å²) in [6, 6.07) is 8.30. The Labute approximate surface area is 194 Å². The van der Waals surface area contributed by atoms with Crippen LogP contribution in [0.15, 0.2) is 24.3 Å². The lowest BCUT2D eigenvalue weighted by Gasteiger charge is -2.18. The van der Waals surface area contributed by atoms with Crippen LogP contribution in [-0.4, -0.2) is 62.6 Å². The molecule has 0 saturated carbocycles. The number of aryl methyl sites for hydroxylation is 1. The number of hydrogen-bond acceptors (Lipinski definition) is 7. The SMILES string of the molecule is Cc1c(C#N)c(OCC(F)(F)F)c(C(N)=O)c2ccccc12.O=C(O)CC(O)(CC(=O)O)C(=O)O. The van der Waals surface area contributed by atoms with E-state index >= 15 is 0 Å². The van der Waals surface area contributed by atoms with Crippen molar-refractivity contribution < 1.29 is 57.5 Å². The highest BCUT2D eigenvalue weighted by Crippen LogP contribution is 2.36. The number of nitrogens with two attached hydrogens (primary N) is 1. The molecule has 0 atom stereocenters. The van der Waals surface area contributed by atoms with Crippen LogP contribution in [0.4, 0.5) is 13.2 Å². The number of carboxylic acids is 3. The van der Waals surface area contributed by atoms with E-state index in [9.17, 15) is 37.6 Å². The number of hydrogen-bond donors (Lipinski definition) is 5. The number of nitrogens with zero attached hydrogens (tertiary/aromatic N) is 1. The minimum atomic E-state index is -4.60. The lowest BCUT2D eigenvalue weighted by Crippen LogP contribution is -2.42. The number of benzene rings is 2. The number of amides is 1. The summed E-state index contributed by atoms with van der Waals surface area (Å²) in [5.41, 5.74) is 2.63. The average Bonchev–Trinajstić information content (AvgIpc) is 2.70. The number of nitriles is 1. The number of ether oxygens (including phenoxy) is 1. The fourth-order valence-corrected chi connectivity index (χ4v) is 2.97. The number of aliphatic carboxylic acids is 3. The first-order valence-corrected chi connectivity index (χ1v) is 9.38. The lowest BCUT2D eigenvalue weighted by atomic mass is 9.94. The molecule has 14 heteroatoms. The van der Waals surface area contributed by atoms with Crippen molar-refractivity contribution in [2.75, 3.05) is 6.61 Å². The lowest BCUT2D eigenvalue weighted by molar-refractivity contribution is -0.170. The second-order valence-electron chi connectivity index (χ2n) is 7.11. The second-order valence-corrected chi connectivity index (χ2v) is 7.11. The molecule has 0 aliphatic heterocycles. The first-order chi connectivity index (χ1) is 16.0. The number of carbonyl (C=O) groups is 4.